The van der Waals surface area contributed by atoms with Crippen LogP contribution in [0.15, 0.2) is 0 Å². The maximum atomic E-state index is 12.6. The number of imide groups is 1. The first-order valence-corrected chi connectivity index (χ1v) is 8.91. The zero-order valence-electron chi connectivity index (χ0n) is 13.8. The van der Waals surface area contributed by atoms with E-state index in [0.29, 0.717) is 0 Å². The average molecular weight is 360 g/mol. The van der Waals surface area contributed by atoms with Crippen LogP contribution in [0.5, 0.6) is 0 Å². The zero-order valence-corrected chi connectivity index (χ0v) is 14.6. The summed E-state index contributed by atoms with van der Waals surface area (Å²) in [5.41, 5.74) is -1.14. The van der Waals surface area contributed by atoms with Gasteiger partial charge in [0.05, 0.1) is 6.10 Å². The van der Waals surface area contributed by atoms with Crippen molar-refractivity contribution in [3.05, 3.63) is 0 Å². The van der Waals surface area contributed by atoms with E-state index >= 15 is 0 Å². The van der Waals surface area contributed by atoms with Gasteiger partial charge < -0.3 is 14.2 Å². The summed E-state index contributed by atoms with van der Waals surface area (Å²) in [7, 11) is 0. The maximum absolute atomic E-state index is 12.6. The quantitative estimate of drug-likeness (QED) is 0.409. The molecule has 0 bridgehead atoms. The van der Waals surface area contributed by atoms with Gasteiger partial charge in [0, 0.05) is 6.42 Å². The van der Waals surface area contributed by atoms with E-state index in [9.17, 15) is 14.4 Å². The van der Waals surface area contributed by atoms with E-state index in [4.69, 9.17) is 25.8 Å². The van der Waals surface area contributed by atoms with Crippen molar-refractivity contribution in [3.63, 3.8) is 0 Å². The highest BCUT2D eigenvalue weighted by atomic mass is 35.5. The van der Waals surface area contributed by atoms with Crippen molar-refractivity contribution in [1.82, 2.24) is 4.90 Å². The molecule has 0 saturated carbocycles. The molecule has 0 spiro atoms. The van der Waals surface area contributed by atoms with Crippen LogP contribution in [-0.2, 0) is 23.8 Å². The SMILES string of the molecule is CCCCCC1OC1[C@@]1(C)O[C@@H]2OC(=O)N(C(=O)CCl)[C@@H]2CC1=O. The number of alkyl halides is 1. The lowest BCUT2D eigenvalue weighted by Crippen LogP contribution is -2.57. The number of Topliss-reactive ketones (excluding diaryl/α,β-unsaturated/α-hetero) is 1. The second kappa shape index (κ2) is 6.61. The van der Waals surface area contributed by atoms with Crippen LogP contribution >= 0.6 is 11.6 Å². The molecule has 134 valence electrons. The Bertz CT molecular complexity index is 555. The van der Waals surface area contributed by atoms with Crippen LogP contribution in [0.4, 0.5) is 4.79 Å². The number of carbonyl (C=O) groups excluding carboxylic acids is 3. The molecule has 0 N–H and O–H groups in total. The summed E-state index contributed by atoms with van der Waals surface area (Å²) < 4.78 is 16.6. The van der Waals surface area contributed by atoms with Gasteiger partial charge in [-0.05, 0) is 13.3 Å². The van der Waals surface area contributed by atoms with Crippen molar-refractivity contribution in [3.8, 4) is 0 Å². The number of fused-ring (bicyclic) bond motifs is 1. The summed E-state index contributed by atoms with van der Waals surface area (Å²) in [6.45, 7) is 3.80. The molecule has 3 rings (SSSR count). The summed E-state index contributed by atoms with van der Waals surface area (Å²) in [5, 5.41) is 0. The molecule has 5 atom stereocenters. The van der Waals surface area contributed by atoms with E-state index in [-0.39, 0.29) is 30.3 Å². The van der Waals surface area contributed by atoms with E-state index in [1.807, 2.05) is 0 Å². The molecule has 3 saturated heterocycles. The third-order valence-electron chi connectivity index (χ3n) is 4.97. The lowest BCUT2D eigenvalue weighted by Gasteiger charge is -2.37. The number of unbranched alkanes of at least 4 members (excludes halogenated alkanes) is 2. The van der Waals surface area contributed by atoms with Gasteiger partial charge in [-0.1, -0.05) is 26.2 Å². The Morgan fingerprint density at radius 3 is 2.79 bits per heavy atom. The average Bonchev–Trinajstić information content (AvgIpc) is 3.26. The molecule has 0 aliphatic carbocycles. The van der Waals surface area contributed by atoms with Gasteiger partial charge in [-0.3, -0.25) is 9.59 Å². The number of ketones is 1. The van der Waals surface area contributed by atoms with Crippen LogP contribution in [0, 0.1) is 0 Å². The standard InChI is InChI=1S/C16H22ClNO6/c1-3-4-5-6-10-13(22-10)16(2)11(19)7-9-14(24-16)23-15(21)18(9)12(20)8-17/h9-10,13-14H,3-8H2,1-2H3/t9-,10?,13?,14+,16+/m1/s1. The molecule has 2 amide bonds. The molecule has 3 aliphatic rings. The molecule has 24 heavy (non-hydrogen) atoms. The Hall–Kier alpha value is -1.18. The first kappa shape index (κ1) is 17.6. The number of ether oxygens (including phenoxy) is 3. The molecular formula is C16H22ClNO6. The van der Waals surface area contributed by atoms with Gasteiger partial charge in [-0.2, -0.15) is 0 Å². The van der Waals surface area contributed by atoms with Crippen LogP contribution in [0.1, 0.15) is 46.0 Å². The lowest BCUT2D eigenvalue weighted by atomic mass is 9.86. The second-order valence-electron chi connectivity index (χ2n) is 6.66. The highest BCUT2D eigenvalue weighted by Gasteiger charge is 2.63. The Kier molecular flexibility index (Phi) is 4.86. The number of halogens is 1. The molecule has 0 aromatic carbocycles. The minimum absolute atomic E-state index is 0.000249. The minimum Gasteiger partial charge on any atom is -0.417 e. The van der Waals surface area contributed by atoms with Gasteiger partial charge in [0.25, 0.3) is 0 Å². The summed E-state index contributed by atoms with van der Waals surface area (Å²) in [4.78, 5) is 37.2. The fraction of sp³-hybridized carbons (Fsp3) is 0.812. The maximum Gasteiger partial charge on any atom is 0.419 e. The van der Waals surface area contributed by atoms with Crippen molar-refractivity contribution in [2.45, 2.75) is 76.1 Å². The van der Waals surface area contributed by atoms with Crippen LogP contribution in [0.3, 0.4) is 0 Å². The van der Waals surface area contributed by atoms with Gasteiger partial charge >= 0.3 is 6.09 Å². The number of hydrogen-bond donors (Lipinski definition) is 0. The van der Waals surface area contributed by atoms with Crippen LogP contribution < -0.4 is 0 Å². The van der Waals surface area contributed by atoms with Gasteiger partial charge in [0.15, 0.2) is 11.4 Å². The van der Waals surface area contributed by atoms with Gasteiger partial charge in [0.2, 0.25) is 12.2 Å². The van der Waals surface area contributed by atoms with Crippen LogP contribution in [0.25, 0.3) is 0 Å². The van der Waals surface area contributed by atoms with Crippen molar-refractivity contribution in [2.24, 2.45) is 0 Å². The molecule has 0 aromatic heterocycles. The molecule has 0 radical (unpaired) electrons. The fourth-order valence-electron chi connectivity index (χ4n) is 3.50. The number of epoxide rings is 1. The summed E-state index contributed by atoms with van der Waals surface area (Å²) in [6.07, 6.45) is 2.08. The van der Waals surface area contributed by atoms with Gasteiger partial charge in [-0.25, -0.2) is 9.69 Å². The highest BCUT2D eigenvalue weighted by Crippen LogP contribution is 2.44. The fourth-order valence-corrected chi connectivity index (χ4v) is 3.63. The molecule has 7 nitrogen and oxygen atoms in total. The van der Waals surface area contributed by atoms with Crippen molar-refractivity contribution in [1.29, 1.82) is 0 Å². The minimum atomic E-state index is -1.14. The molecule has 0 aromatic rings. The molecule has 2 unspecified atom stereocenters. The Labute approximate surface area is 145 Å². The number of nitrogens with zero attached hydrogens (tertiary/aromatic N) is 1. The molecule has 8 heteroatoms. The number of rotatable bonds is 6. The van der Waals surface area contributed by atoms with Gasteiger partial charge in [0.1, 0.15) is 18.0 Å². The Morgan fingerprint density at radius 2 is 2.12 bits per heavy atom. The third kappa shape index (κ3) is 2.93. The topological polar surface area (TPSA) is 85.4 Å². The summed E-state index contributed by atoms with van der Waals surface area (Å²) >= 11 is 5.52. The van der Waals surface area contributed by atoms with Crippen LogP contribution in [0.2, 0.25) is 0 Å². The zero-order chi connectivity index (χ0) is 17.5. The number of hydrogen-bond acceptors (Lipinski definition) is 6. The predicted molar refractivity (Wildman–Crippen MR) is 83.5 cm³/mol. The molecule has 3 aliphatic heterocycles. The van der Waals surface area contributed by atoms with Crippen molar-refractivity contribution < 1.29 is 28.6 Å². The van der Waals surface area contributed by atoms with E-state index in [2.05, 4.69) is 6.92 Å². The molecular weight excluding hydrogens is 338 g/mol. The largest absolute Gasteiger partial charge is 0.419 e. The molecule has 3 fully saturated rings. The van der Waals surface area contributed by atoms with Gasteiger partial charge in [-0.15, -0.1) is 11.6 Å². The third-order valence-corrected chi connectivity index (χ3v) is 5.20. The lowest BCUT2D eigenvalue weighted by molar-refractivity contribution is -0.207. The first-order chi connectivity index (χ1) is 11.4. The second-order valence-corrected chi connectivity index (χ2v) is 6.93. The summed E-state index contributed by atoms with van der Waals surface area (Å²) in [6, 6.07) is -0.749. The summed E-state index contributed by atoms with van der Waals surface area (Å²) in [5.74, 6) is -1.12. The van der Waals surface area contributed by atoms with E-state index in [0.717, 1.165) is 30.6 Å². The highest BCUT2D eigenvalue weighted by molar-refractivity contribution is 6.28. The van der Waals surface area contributed by atoms with Crippen molar-refractivity contribution in [2.75, 3.05) is 5.88 Å². The smallest absolute Gasteiger partial charge is 0.417 e. The number of amides is 2. The Balaban J connectivity index is 1.67. The predicted octanol–water partition coefficient (Wildman–Crippen LogP) is 1.99. The number of carbonyl (C=O) groups is 3. The van der Waals surface area contributed by atoms with E-state index in [1.165, 1.54) is 0 Å². The monoisotopic (exact) mass is 359 g/mol. The molecule has 3 heterocycles. The van der Waals surface area contributed by atoms with E-state index < -0.39 is 29.9 Å². The Morgan fingerprint density at radius 1 is 1.38 bits per heavy atom. The van der Waals surface area contributed by atoms with Crippen LogP contribution in [-0.4, -0.2) is 58.7 Å². The first-order valence-electron chi connectivity index (χ1n) is 8.37. The van der Waals surface area contributed by atoms with E-state index in [1.54, 1.807) is 6.92 Å². The normalized spacial score (nSPS) is 38.0. The van der Waals surface area contributed by atoms with Crippen molar-refractivity contribution >= 4 is 29.4 Å².